The molecule has 1 rings (SSSR count). The molecule has 3 nitrogen and oxygen atoms in total. The lowest BCUT2D eigenvalue weighted by Gasteiger charge is -2.12. The molecule has 1 aromatic heterocycles. The van der Waals surface area contributed by atoms with E-state index in [0.717, 1.165) is 23.9 Å². The second kappa shape index (κ2) is 6.63. The molecule has 1 heterocycles. The van der Waals surface area contributed by atoms with Crippen LogP contribution in [0.2, 0.25) is 0 Å². The minimum absolute atomic E-state index is 0.0467. The predicted molar refractivity (Wildman–Crippen MR) is 68.9 cm³/mol. The van der Waals surface area contributed by atoms with Gasteiger partial charge in [-0.2, -0.15) is 0 Å². The van der Waals surface area contributed by atoms with E-state index in [1.165, 1.54) is 0 Å². The third kappa shape index (κ3) is 4.31. The van der Waals surface area contributed by atoms with Gasteiger partial charge in [0.25, 0.3) is 5.91 Å². The summed E-state index contributed by atoms with van der Waals surface area (Å²) in [5.41, 5.74) is 1.54. The van der Waals surface area contributed by atoms with Gasteiger partial charge in [0.1, 0.15) is 0 Å². The van der Waals surface area contributed by atoms with E-state index in [1.54, 1.807) is 12.3 Å². The highest BCUT2D eigenvalue weighted by atomic mass is 79.9. The highest BCUT2D eigenvalue weighted by Crippen LogP contribution is 2.03. The predicted octanol–water partition coefficient (Wildman–Crippen LogP) is 2.68. The summed E-state index contributed by atoms with van der Waals surface area (Å²) in [6.07, 6.45) is 3.66. The molecule has 88 valence electrons. The average Bonchev–Trinajstić information content (AvgIpc) is 2.27. The number of amides is 1. The van der Waals surface area contributed by atoms with Crippen molar-refractivity contribution in [3.63, 3.8) is 0 Å². The summed E-state index contributed by atoms with van der Waals surface area (Å²) in [6.45, 7) is 3.92. The molecule has 1 aromatic rings. The maximum absolute atomic E-state index is 11.8. The summed E-state index contributed by atoms with van der Waals surface area (Å²) in [4.78, 5) is 15.9. The lowest BCUT2D eigenvalue weighted by atomic mass is 10.2. The van der Waals surface area contributed by atoms with Crippen molar-refractivity contribution in [3.05, 3.63) is 29.6 Å². The van der Waals surface area contributed by atoms with Gasteiger partial charge >= 0.3 is 0 Å². The van der Waals surface area contributed by atoms with Crippen LogP contribution in [0.25, 0.3) is 0 Å². The Morgan fingerprint density at radius 3 is 2.88 bits per heavy atom. The Balaban J connectivity index is 2.48. The molecule has 0 aliphatic carbocycles. The first-order valence-electron chi connectivity index (χ1n) is 5.43. The Bertz CT molecular complexity index is 337. The van der Waals surface area contributed by atoms with Crippen LogP contribution in [0.4, 0.5) is 0 Å². The molecule has 0 saturated heterocycles. The SMILES string of the molecule is Cc1ccc(C(=O)NC(C)CCCBr)cn1. The van der Waals surface area contributed by atoms with Crippen molar-refractivity contribution in [2.75, 3.05) is 5.33 Å². The van der Waals surface area contributed by atoms with Gasteiger partial charge in [0.05, 0.1) is 5.56 Å². The van der Waals surface area contributed by atoms with Crippen LogP contribution in [0.15, 0.2) is 18.3 Å². The van der Waals surface area contributed by atoms with Crippen molar-refractivity contribution >= 4 is 21.8 Å². The van der Waals surface area contributed by atoms with Gasteiger partial charge in [-0.1, -0.05) is 15.9 Å². The van der Waals surface area contributed by atoms with Crippen molar-refractivity contribution in [3.8, 4) is 0 Å². The molecule has 0 aliphatic heterocycles. The van der Waals surface area contributed by atoms with Crippen molar-refractivity contribution < 1.29 is 4.79 Å². The maximum Gasteiger partial charge on any atom is 0.253 e. The summed E-state index contributed by atoms with van der Waals surface area (Å²) in [5.74, 6) is -0.0467. The van der Waals surface area contributed by atoms with Gasteiger partial charge in [-0.25, -0.2) is 0 Å². The molecular formula is C12H17BrN2O. The van der Waals surface area contributed by atoms with E-state index in [1.807, 2.05) is 19.9 Å². The summed E-state index contributed by atoms with van der Waals surface area (Å²) in [5, 5.41) is 3.92. The number of halogens is 1. The highest BCUT2D eigenvalue weighted by Gasteiger charge is 2.09. The largest absolute Gasteiger partial charge is 0.350 e. The first-order chi connectivity index (χ1) is 7.63. The zero-order valence-corrected chi connectivity index (χ0v) is 11.3. The van der Waals surface area contributed by atoms with Gasteiger partial charge in [0.2, 0.25) is 0 Å². The molecule has 1 N–H and O–H groups in total. The molecule has 16 heavy (non-hydrogen) atoms. The minimum Gasteiger partial charge on any atom is -0.350 e. The van der Waals surface area contributed by atoms with Crippen LogP contribution in [-0.2, 0) is 0 Å². The summed E-state index contributed by atoms with van der Waals surface area (Å²) in [7, 11) is 0. The molecule has 0 radical (unpaired) electrons. The number of aromatic nitrogens is 1. The maximum atomic E-state index is 11.8. The highest BCUT2D eigenvalue weighted by molar-refractivity contribution is 9.09. The Kier molecular flexibility index (Phi) is 5.46. The smallest absolute Gasteiger partial charge is 0.253 e. The Hall–Kier alpha value is -0.900. The van der Waals surface area contributed by atoms with Gasteiger partial charge in [-0.05, 0) is 38.8 Å². The van der Waals surface area contributed by atoms with E-state index in [0.29, 0.717) is 5.56 Å². The lowest BCUT2D eigenvalue weighted by molar-refractivity contribution is 0.0938. The zero-order valence-electron chi connectivity index (χ0n) is 9.66. The summed E-state index contributed by atoms with van der Waals surface area (Å²) in [6, 6.07) is 3.85. The number of pyridine rings is 1. The Morgan fingerprint density at radius 2 is 2.31 bits per heavy atom. The van der Waals surface area contributed by atoms with Gasteiger partial charge < -0.3 is 5.32 Å². The van der Waals surface area contributed by atoms with E-state index < -0.39 is 0 Å². The van der Waals surface area contributed by atoms with Gasteiger partial charge in [0.15, 0.2) is 0 Å². The second-order valence-electron chi connectivity index (χ2n) is 3.89. The van der Waals surface area contributed by atoms with E-state index in [9.17, 15) is 4.79 Å². The Labute approximate surface area is 105 Å². The number of hydrogen-bond acceptors (Lipinski definition) is 2. The molecule has 0 aliphatic rings. The number of aryl methyl sites for hydroxylation is 1. The number of hydrogen-bond donors (Lipinski definition) is 1. The van der Waals surface area contributed by atoms with Crippen LogP contribution in [0.3, 0.4) is 0 Å². The first kappa shape index (κ1) is 13.2. The molecular weight excluding hydrogens is 268 g/mol. The second-order valence-corrected chi connectivity index (χ2v) is 4.69. The molecule has 1 unspecified atom stereocenters. The number of carbonyl (C=O) groups excluding carboxylic acids is 1. The van der Waals surface area contributed by atoms with Gasteiger partial charge in [-0.15, -0.1) is 0 Å². The van der Waals surface area contributed by atoms with E-state index in [2.05, 4.69) is 26.2 Å². The standard InChI is InChI=1S/C12H17BrN2O/c1-9-5-6-11(8-14-9)12(16)15-10(2)4-3-7-13/h5-6,8,10H,3-4,7H2,1-2H3,(H,15,16). The number of nitrogens with one attached hydrogen (secondary N) is 1. The first-order valence-corrected chi connectivity index (χ1v) is 6.55. The third-order valence-electron chi connectivity index (χ3n) is 2.32. The van der Waals surface area contributed by atoms with E-state index in [-0.39, 0.29) is 11.9 Å². The molecule has 0 aromatic carbocycles. The third-order valence-corrected chi connectivity index (χ3v) is 2.88. The van der Waals surface area contributed by atoms with Crippen LogP contribution in [0.5, 0.6) is 0 Å². The van der Waals surface area contributed by atoms with Crippen LogP contribution in [-0.4, -0.2) is 22.3 Å². The number of alkyl halides is 1. The molecule has 0 bridgehead atoms. The zero-order chi connectivity index (χ0) is 12.0. The van der Waals surface area contributed by atoms with E-state index >= 15 is 0 Å². The molecule has 4 heteroatoms. The monoisotopic (exact) mass is 284 g/mol. The molecule has 1 amide bonds. The van der Waals surface area contributed by atoms with Gasteiger partial charge in [-0.3, -0.25) is 9.78 Å². The van der Waals surface area contributed by atoms with E-state index in [4.69, 9.17) is 0 Å². The fraction of sp³-hybridized carbons (Fsp3) is 0.500. The molecule has 0 saturated carbocycles. The van der Waals surface area contributed by atoms with Crippen molar-refractivity contribution in [2.45, 2.75) is 32.7 Å². The molecule has 0 spiro atoms. The average molecular weight is 285 g/mol. The molecule has 0 fully saturated rings. The van der Waals surface area contributed by atoms with Crippen LogP contribution >= 0.6 is 15.9 Å². The number of rotatable bonds is 5. The topological polar surface area (TPSA) is 42.0 Å². The molecule has 1 atom stereocenters. The van der Waals surface area contributed by atoms with Crippen LogP contribution in [0, 0.1) is 6.92 Å². The van der Waals surface area contributed by atoms with Crippen molar-refractivity contribution in [1.82, 2.24) is 10.3 Å². The van der Waals surface area contributed by atoms with Crippen LogP contribution < -0.4 is 5.32 Å². The fourth-order valence-corrected chi connectivity index (χ4v) is 1.69. The van der Waals surface area contributed by atoms with Crippen molar-refractivity contribution in [1.29, 1.82) is 0 Å². The lowest BCUT2D eigenvalue weighted by Crippen LogP contribution is -2.32. The summed E-state index contributed by atoms with van der Waals surface area (Å²) >= 11 is 3.37. The van der Waals surface area contributed by atoms with Gasteiger partial charge in [0, 0.05) is 23.3 Å². The van der Waals surface area contributed by atoms with Crippen molar-refractivity contribution in [2.24, 2.45) is 0 Å². The normalized spacial score (nSPS) is 12.2. The minimum atomic E-state index is -0.0467. The van der Waals surface area contributed by atoms with Crippen LogP contribution in [0.1, 0.15) is 35.8 Å². The quantitative estimate of drug-likeness (QED) is 0.845. The number of carbonyl (C=O) groups is 1. The summed E-state index contributed by atoms with van der Waals surface area (Å²) < 4.78 is 0. The Morgan fingerprint density at radius 1 is 1.56 bits per heavy atom. The fourth-order valence-electron chi connectivity index (χ4n) is 1.36. The number of nitrogens with zero attached hydrogens (tertiary/aromatic N) is 1.